The standard InChI is InChI=1S/C16H22N4O4S/c17-25(23,24)14-7-5-12(6-8-14)18-15(21)11-2-1-9-20(10-11)16(22)19-13-3-4-13/h5-8,11,13H,1-4,9-10H2,(H,18,21)(H,19,22)(H2,17,23,24). The lowest BCUT2D eigenvalue weighted by Crippen LogP contribution is -2.48. The normalized spacial score (nSPS) is 20.8. The Morgan fingerprint density at radius 3 is 2.40 bits per heavy atom. The van der Waals surface area contributed by atoms with E-state index in [9.17, 15) is 18.0 Å². The number of likely N-dealkylation sites (tertiary alicyclic amines) is 1. The van der Waals surface area contributed by atoms with Crippen molar-refractivity contribution in [2.75, 3.05) is 18.4 Å². The van der Waals surface area contributed by atoms with Gasteiger partial charge in [-0.15, -0.1) is 0 Å². The molecule has 1 aromatic carbocycles. The summed E-state index contributed by atoms with van der Waals surface area (Å²) in [5.74, 6) is -0.455. The Morgan fingerprint density at radius 2 is 1.80 bits per heavy atom. The average molecular weight is 366 g/mol. The number of nitrogens with two attached hydrogens (primary N) is 1. The van der Waals surface area contributed by atoms with Crippen molar-refractivity contribution >= 4 is 27.6 Å². The molecule has 8 nitrogen and oxygen atoms in total. The summed E-state index contributed by atoms with van der Waals surface area (Å²) in [5.41, 5.74) is 0.497. The highest BCUT2D eigenvalue weighted by Crippen LogP contribution is 2.22. The van der Waals surface area contributed by atoms with Crippen LogP contribution in [0.4, 0.5) is 10.5 Å². The summed E-state index contributed by atoms with van der Waals surface area (Å²) in [6, 6.07) is 5.88. The third-order valence-corrected chi connectivity index (χ3v) is 5.36. The van der Waals surface area contributed by atoms with E-state index in [4.69, 9.17) is 5.14 Å². The van der Waals surface area contributed by atoms with Crippen molar-refractivity contribution in [2.45, 2.75) is 36.6 Å². The number of carbonyl (C=O) groups excluding carboxylic acids is 2. The Hall–Kier alpha value is -2.13. The molecular weight excluding hydrogens is 344 g/mol. The summed E-state index contributed by atoms with van der Waals surface area (Å²) in [7, 11) is -3.75. The molecule has 2 aliphatic rings. The maximum atomic E-state index is 12.4. The first-order valence-electron chi connectivity index (χ1n) is 8.32. The quantitative estimate of drug-likeness (QED) is 0.731. The lowest BCUT2D eigenvalue weighted by molar-refractivity contribution is -0.121. The fourth-order valence-corrected chi connectivity index (χ4v) is 3.36. The highest BCUT2D eigenvalue weighted by molar-refractivity contribution is 7.89. The van der Waals surface area contributed by atoms with Crippen molar-refractivity contribution < 1.29 is 18.0 Å². The number of primary sulfonamides is 1. The number of anilines is 1. The highest BCUT2D eigenvalue weighted by Gasteiger charge is 2.31. The summed E-state index contributed by atoms with van der Waals surface area (Å²) in [5, 5.41) is 10.8. The molecule has 1 aliphatic carbocycles. The second kappa shape index (κ2) is 7.01. The molecule has 3 rings (SSSR count). The molecule has 4 N–H and O–H groups in total. The number of hydrogen-bond acceptors (Lipinski definition) is 4. The lowest BCUT2D eigenvalue weighted by Gasteiger charge is -2.32. The van der Waals surface area contributed by atoms with E-state index < -0.39 is 10.0 Å². The van der Waals surface area contributed by atoms with E-state index in [0.29, 0.717) is 31.2 Å². The molecule has 1 atom stereocenters. The zero-order valence-electron chi connectivity index (χ0n) is 13.8. The van der Waals surface area contributed by atoms with Gasteiger partial charge in [0.2, 0.25) is 15.9 Å². The number of nitrogens with one attached hydrogen (secondary N) is 2. The van der Waals surface area contributed by atoms with E-state index in [0.717, 1.165) is 19.3 Å². The first-order chi connectivity index (χ1) is 11.8. The van der Waals surface area contributed by atoms with Crippen molar-refractivity contribution in [1.29, 1.82) is 0 Å². The molecule has 136 valence electrons. The Kier molecular flexibility index (Phi) is 4.96. The van der Waals surface area contributed by atoms with Crippen LogP contribution in [0.15, 0.2) is 29.2 Å². The van der Waals surface area contributed by atoms with Crippen LogP contribution in [0.5, 0.6) is 0 Å². The van der Waals surface area contributed by atoms with E-state index in [1.807, 2.05) is 0 Å². The molecule has 0 radical (unpaired) electrons. The molecule has 3 amide bonds. The van der Waals surface area contributed by atoms with Gasteiger partial charge in [0.25, 0.3) is 0 Å². The van der Waals surface area contributed by atoms with E-state index in [1.165, 1.54) is 24.3 Å². The minimum absolute atomic E-state index is 0.00825. The number of piperidine rings is 1. The Balaban J connectivity index is 1.57. The van der Waals surface area contributed by atoms with E-state index in [2.05, 4.69) is 10.6 Å². The van der Waals surface area contributed by atoms with Crippen molar-refractivity contribution in [3.05, 3.63) is 24.3 Å². The van der Waals surface area contributed by atoms with Gasteiger partial charge in [-0.2, -0.15) is 0 Å². The maximum absolute atomic E-state index is 12.4. The first kappa shape index (κ1) is 17.7. The van der Waals surface area contributed by atoms with Crippen LogP contribution in [0.1, 0.15) is 25.7 Å². The Bertz CT molecular complexity index is 759. The summed E-state index contributed by atoms with van der Waals surface area (Å²) in [6.45, 7) is 1.05. The van der Waals surface area contributed by atoms with Gasteiger partial charge < -0.3 is 15.5 Å². The molecular formula is C16H22N4O4S. The molecule has 1 saturated carbocycles. The molecule has 25 heavy (non-hydrogen) atoms. The van der Waals surface area contributed by atoms with Crippen LogP contribution in [-0.4, -0.2) is 44.4 Å². The fourth-order valence-electron chi connectivity index (χ4n) is 2.84. The molecule has 2 fully saturated rings. The molecule has 1 aliphatic heterocycles. The average Bonchev–Trinajstić information content (AvgIpc) is 3.38. The van der Waals surface area contributed by atoms with Gasteiger partial charge in [-0.3, -0.25) is 4.79 Å². The molecule has 0 spiro atoms. The largest absolute Gasteiger partial charge is 0.335 e. The van der Waals surface area contributed by atoms with Crippen LogP contribution in [0, 0.1) is 5.92 Å². The van der Waals surface area contributed by atoms with Gasteiger partial charge in [0.15, 0.2) is 0 Å². The molecule has 1 aromatic rings. The third-order valence-electron chi connectivity index (χ3n) is 4.43. The van der Waals surface area contributed by atoms with E-state index >= 15 is 0 Å². The molecule has 1 unspecified atom stereocenters. The second-order valence-electron chi connectivity index (χ2n) is 6.57. The molecule has 1 saturated heterocycles. The number of nitrogens with zero attached hydrogens (tertiary/aromatic N) is 1. The third kappa shape index (κ3) is 4.70. The number of hydrogen-bond donors (Lipinski definition) is 3. The van der Waals surface area contributed by atoms with Crippen LogP contribution in [0.25, 0.3) is 0 Å². The van der Waals surface area contributed by atoms with Crippen LogP contribution in [0.2, 0.25) is 0 Å². The number of urea groups is 1. The minimum atomic E-state index is -3.75. The SMILES string of the molecule is NS(=O)(=O)c1ccc(NC(=O)C2CCCN(C(=O)NC3CC3)C2)cc1. The second-order valence-corrected chi connectivity index (χ2v) is 8.13. The van der Waals surface area contributed by atoms with Crippen LogP contribution >= 0.6 is 0 Å². The Morgan fingerprint density at radius 1 is 1.12 bits per heavy atom. The van der Waals surface area contributed by atoms with Gasteiger partial charge in [0.05, 0.1) is 10.8 Å². The van der Waals surface area contributed by atoms with Gasteiger partial charge in [0.1, 0.15) is 0 Å². The number of carbonyl (C=O) groups is 2. The van der Waals surface area contributed by atoms with Crippen molar-refractivity contribution in [1.82, 2.24) is 10.2 Å². The van der Waals surface area contributed by atoms with Gasteiger partial charge in [0, 0.05) is 24.8 Å². The fraction of sp³-hybridized carbons (Fsp3) is 0.500. The summed E-state index contributed by atoms with van der Waals surface area (Å²) in [6.07, 6.45) is 3.55. The lowest BCUT2D eigenvalue weighted by atomic mass is 9.97. The van der Waals surface area contributed by atoms with E-state index in [-0.39, 0.29) is 22.8 Å². The maximum Gasteiger partial charge on any atom is 0.317 e. The highest BCUT2D eigenvalue weighted by atomic mass is 32.2. The number of rotatable bonds is 4. The van der Waals surface area contributed by atoms with Gasteiger partial charge in [-0.1, -0.05) is 0 Å². The molecule has 1 heterocycles. The van der Waals surface area contributed by atoms with Gasteiger partial charge >= 0.3 is 6.03 Å². The van der Waals surface area contributed by atoms with Crippen LogP contribution in [-0.2, 0) is 14.8 Å². The number of benzene rings is 1. The van der Waals surface area contributed by atoms with E-state index in [1.54, 1.807) is 4.90 Å². The summed E-state index contributed by atoms with van der Waals surface area (Å²) in [4.78, 5) is 26.2. The molecule has 9 heteroatoms. The molecule has 0 bridgehead atoms. The predicted molar refractivity (Wildman–Crippen MR) is 92.3 cm³/mol. The van der Waals surface area contributed by atoms with Gasteiger partial charge in [-0.25, -0.2) is 18.4 Å². The number of amides is 3. The topological polar surface area (TPSA) is 122 Å². The van der Waals surface area contributed by atoms with Crippen molar-refractivity contribution in [3.8, 4) is 0 Å². The zero-order chi connectivity index (χ0) is 18.0. The van der Waals surface area contributed by atoms with Crippen molar-refractivity contribution in [2.24, 2.45) is 11.1 Å². The van der Waals surface area contributed by atoms with Gasteiger partial charge in [-0.05, 0) is 49.9 Å². The smallest absolute Gasteiger partial charge is 0.317 e. The predicted octanol–water partition coefficient (Wildman–Crippen LogP) is 0.857. The van der Waals surface area contributed by atoms with Crippen LogP contribution in [0.3, 0.4) is 0 Å². The zero-order valence-corrected chi connectivity index (χ0v) is 14.6. The summed E-state index contributed by atoms with van der Waals surface area (Å²) >= 11 is 0. The van der Waals surface area contributed by atoms with Crippen LogP contribution < -0.4 is 15.8 Å². The monoisotopic (exact) mass is 366 g/mol. The summed E-state index contributed by atoms with van der Waals surface area (Å²) < 4.78 is 22.5. The molecule has 0 aromatic heterocycles. The van der Waals surface area contributed by atoms with Crippen molar-refractivity contribution in [3.63, 3.8) is 0 Å². The number of sulfonamides is 1. The minimum Gasteiger partial charge on any atom is -0.335 e. The Labute approximate surface area is 146 Å². The first-order valence-corrected chi connectivity index (χ1v) is 9.87.